The normalized spacial score (nSPS) is 11.1. The van der Waals surface area contributed by atoms with Gasteiger partial charge in [-0.3, -0.25) is 0 Å². The zero-order valence-electron chi connectivity index (χ0n) is 16.9. The lowest BCUT2D eigenvalue weighted by atomic mass is 9.87. The molecule has 0 amide bonds. The monoisotopic (exact) mass is 377 g/mol. The van der Waals surface area contributed by atoms with Crippen LogP contribution in [0.5, 0.6) is 5.75 Å². The number of ether oxygens (including phenoxy) is 1. The van der Waals surface area contributed by atoms with Crippen LogP contribution in [0, 0.1) is 0 Å². The zero-order chi connectivity index (χ0) is 20.0. The lowest BCUT2D eigenvalue weighted by Crippen LogP contribution is -2.11. The SMILES string of the molecule is COc1ccc(CCNc2cnnc(Nc3ccc(C(C)(C)C)cc3)n2)cc1. The number of benzene rings is 2. The summed E-state index contributed by atoms with van der Waals surface area (Å²) in [6.07, 6.45) is 2.51. The van der Waals surface area contributed by atoms with E-state index in [0.717, 1.165) is 24.4 Å². The van der Waals surface area contributed by atoms with E-state index in [9.17, 15) is 0 Å². The van der Waals surface area contributed by atoms with Gasteiger partial charge in [-0.05, 0) is 47.2 Å². The molecule has 3 aromatic rings. The molecule has 0 radical (unpaired) electrons. The van der Waals surface area contributed by atoms with Crippen molar-refractivity contribution in [2.24, 2.45) is 0 Å². The van der Waals surface area contributed by atoms with E-state index in [0.29, 0.717) is 11.8 Å². The van der Waals surface area contributed by atoms with Gasteiger partial charge in [0.2, 0.25) is 5.95 Å². The third kappa shape index (κ3) is 5.42. The predicted molar refractivity (Wildman–Crippen MR) is 113 cm³/mol. The average Bonchev–Trinajstić information content (AvgIpc) is 2.69. The fourth-order valence-electron chi connectivity index (χ4n) is 2.75. The first kappa shape index (κ1) is 19.6. The number of nitrogens with one attached hydrogen (secondary N) is 2. The maximum atomic E-state index is 5.18. The van der Waals surface area contributed by atoms with Crippen molar-refractivity contribution >= 4 is 17.5 Å². The number of hydrogen-bond acceptors (Lipinski definition) is 6. The first-order valence-corrected chi connectivity index (χ1v) is 9.38. The molecule has 2 N–H and O–H groups in total. The Labute approximate surface area is 166 Å². The van der Waals surface area contributed by atoms with Crippen LogP contribution in [0.4, 0.5) is 17.5 Å². The second-order valence-corrected chi connectivity index (χ2v) is 7.64. The largest absolute Gasteiger partial charge is 0.497 e. The molecule has 1 aromatic heterocycles. The van der Waals surface area contributed by atoms with Crippen LogP contribution >= 0.6 is 0 Å². The van der Waals surface area contributed by atoms with E-state index in [2.05, 4.69) is 70.9 Å². The molecule has 0 unspecified atom stereocenters. The Morgan fingerprint density at radius 2 is 1.68 bits per heavy atom. The smallest absolute Gasteiger partial charge is 0.249 e. The summed E-state index contributed by atoms with van der Waals surface area (Å²) in [5.74, 6) is 2.03. The highest BCUT2D eigenvalue weighted by atomic mass is 16.5. The number of aromatic nitrogens is 3. The van der Waals surface area contributed by atoms with Crippen molar-refractivity contribution in [3.8, 4) is 5.75 Å². The van der Waals surface area contributed by atoms with Crippen LogP contribution in [0.2, 0.25) is 0 Å². The molecular formula is C22H27N5O. The van der Waals surface area contributed by atoms with Gasteiger partial charge in [0.15, 0.2) is 5.82 Å². The highest BCUT2D eigenvalue weighted by molar-refractivity contribution is 5.55. The fraction of sp³-hybridized carbons (Fsp3) is 0.318. The van der Waals surface area contributed by atoms with Gasteiger partial charge in [-0.15, -0.1) is 5.10 Å². The second kappa shape index (κ2) is 8.69. The fourth-order valence-corrected chi connectivity index (χ4v) is 2.75. The molecule has 0 bridgehead atoms. The van der Waals surface area contributed by atoms with Crippen LogP contribution in [0.3, 0.4) is 0 Å². The van der Waals surface area contributed by atoms with E-state index in [1.807, 2.05) is 24.3 Å². The summed E-state index contributed by atoms with van der Waals surface area (Å²) in [6.45, 7) is 7.35. The Morgan fingerprint density at radius 3 is 2.32 bits per heavy atom. The van der Waals surface area contributed by atoms with Gasteiger partial charge in [0.05, 0.1) is 13.3 Å². The predicted octanol–water partition coefficient (Wildman–Crippen LogP) is 4.58. The van der Waals surface area contributed by atoms with Crippen LogP contribution in [0.15, 0.2) is 54.7 Å². The Hall–Kier alpha value is -3.15. The lowest BCUT2D eigenvalue weighted by Gasteiger charge is -2.19. The third-order valence-electron chi connectivity index (χ3n) is 4.44. The van der Waals surface area contributed by atoms with Crippen LogP contribution in [0.1, 0.15) is 31.9 Å². The molecule has 0 spiro atoms. The minimum Gasteiger partial charge on any atom is -0.497 e. The van der Waals surface area contributed by atoms with Crippen LogP contribution < -0.4 is 15.4 Å². The highest BCUT2D eigenvalue weighted by Crippen LogP contribution is 2.24. The van der Waals surface area contributed by atoms with Gasteiger partial charge < -0.3 is 15.4 Å². The van der Waals surface area contributed by atoms with E-state index in [-0.39, 0.29) is 5.41 Å². The summed E-state index contributed by atoms with van der Waals surface area (Å²) in [7, 11) is 1.67. The molecule has 0 saturated carbocycles. The molecule has 3 rings (SSSR count). The number of anilines is 3. The van der Waals surface area contributed by atoms with Crippen molar-refractivity contribution in [3.05, 3.63) is 65.9 Å². The second-order valence-electron chi connectivity index (χ2n) is 7.64. The molecule has 0 aliphatic heterocycles. The summed E-state index contributed by atoms with van der Waals surface area (Å²) >= 11 is 0. The van der Waals surface area contributed by atoms with E-state index < -0.39 is 0 Å². The molecule has 28 heavy (non-hydrogen) atoms. The third-order valence-corrected chi connectivity index (χ3v) is 4.44. The van der Waals surface area contributed by atoms with Crippen molar-refractivity contribution in [2.75, 3.05) is 24.3 Å². The molecule has 1 heterocycles. The Bertz CT molecular complexity index is 886. The average molecular weight is 377 g/mol. The molecule has 2 aromatic carbocycles. The quantitative estimate of drug-likeness (QED) is 0.628. The van der Waals surface area contributed by atoms with Crippen LogP contribution in [-0.4, -0.2) is 28.8 Å². The molecule has 0 aliphatic carbocycles. The number of methoxy groups -OCH3 is 1. The van der Waals surface area contributed by atoms with E-state index in [4.69, 9.17) is 4.74 Å². The summed E-state index contributed by atoms with van der Waals surface area (Å²) < 4.78 is 5.18. The highest BCUT2D eigenvalue weighted by Gasteiger charge is 2.13. The minimum atomic E-state index is 0.129. The van der Waals surface area contributed by atoms with E-state index in [1.54, 1.807) is 13.3 Å². The first-order valence-electron chi connectivity index (χ1n) is 9.38. The maximum Gasteiger partial charge on any atom is 0.249 e. The van der Waals surface area contributed by atoms with Gasteiger partial charge in [0, 0.05) is 12.2 Å². The van der Waals surface area contributed by atoms with Crippen LogP contribution in [0.25, 0.3) is 0 Å². The summed E-state index contributed by atoms with van der Waals surface area (Å²) in [5, 5.41) is 14.6. The number of hydrogen-bond donors (Lipinski definition) is 2. The zero-order valence-corrected chi connectivity index (χ0v) is 16.9. The topological polar surface area (TPSA) is 72.0 Å². The summed E-state index contributed by atoms with van der Waals surface area (Å²) in [4.78, 5) is 4.48. The molecule has 146 valence electrons. The van der Waals surface area contributed by atoms with Crippen molar-refractivity contribution in [1.29, 1.82) is 0 Å². The first-order chi connectivity index (χ1) is 13.4. The lowest BCUT2D eigenvalue weighted by molar-refractivity contribution is 0.414. The molecule has 6 nitrogen and oxygen atoms in total. The minimum absolute atomic E-state index is 0.129. The standard InChI is InChI=1S/C22H27N5O/c1-22(2,3)17-7-9-18(10-8-17)25-21-26-20(15-24-27-21)23-14-13-16-5-11-19(28-4)12-6-16/h5-12,15H,13-14H2,1-4H3,(H2,23,25,26,27). The van der Waals surface area contributed by atoms with Crippen molar-refractivity contribution in [3.63, 3.8) is 0 Å². The Kier molecular flexibility index (Phi) is 6.09. The van der Waals surface area contributed by atoms with E-state index in [1.165, 1.54) is 11.1 Å². The molecule has 0 atom stereocenters. The van der Waals surface area contributed by atoms with Gasteiger partial charge in [-0.25, -0.2) is 0 Å². The van der Waals surface area contributed by atoms with Crippen molar-refractivity contribution in [2.45, 2.75) is 32.6 Å². The molecular weight excluding hydrogens is 350 g/mol. The van der Waals surface area contributed by atoms with Gasteiger partial charge in [-0.2, -0.15) is 10.1 Å². The Balaban J connectivity index is 1.56. The van der Waals surface area contributed by atoms with Gasteiger partial charge in [0.1, 0.15) is 5.75 Å². The van der Waals surface area contributed by atoms with Crippen LogP contribution in [-0.2, 0) is 11.8 Å². The number of rotatable bonds is 7. The van der Waals surface area contributed by atoms with Gasteiger partial charge in [0.25, 0.3) is 0 Å². The molecule has 6 heteroatoms. The molecule has 0 saturated heterocycles. The van der Waals surface area contributed by atoms with E-state index >= 15 is 0 Å². The summed E-state index contributed by atoms with van der Waals surface area (Å²) in [6, 6.07) is 16.4. The Morgan fingerprint density at radius 1 is 0.964 bits per heavy atom. The summed E-state index contributed by atoms with van der Waals surface area (Å²) in [5.41, 5.74) is 3.58. The molecule has 0 fully saturated rings. The molecule has 0 aliphatic rings. The van der Waals surface area contributed by atoms with Crippen molar-refractivity contribution < 1.29 is 4.74 Å². The maximum absolute atomic E-state index is 5.18. The van der Waals surface area contributed by atoms with Crippen molar-refractivity contribution in [1.82, 2.24) is 15.2 Å². The van der Waals surface area contributed by atoms with Gasteiger partial charge in [-0.1, -0.05) is 45.0 Å². The number of nitrogens with zero attached hydrogens (tertiary/aromatic N) is 3. The van der Waals surface area contributed by atoms with Gasteiger partial charge >= 0.3 is 0 Å².